The molecule has 17 heteroatoms. The van der Waals surface area contributed by atoms with E-state index in [1.54, 1.807) is 18.3 Å². The number of aromatic nitrogens is 1. The molecule has 5 fully saturated rings. The van der Waals surface area contributed by atoms with Crippen LogP contribution in [0.3, 0.4) is 0 Å². The second kappa shape index (κ2) is 16.4. The maximum absolute atomic E-state index is 13.5. The fraction of sp³-hybridized carbons (Fsp3) is 0.489. The van der Waals surface area contributed by atoms with Crippen molar-refractivity contribution in [1.82, 2.24) is 20.1 Å². The number of alkyl halides is 3. The number of anilines is 4. The molecule has 1 unspecified atom stereocenters. The van der Waals surface area contributed by atoms with Gasteiger partial charge in [0.2, 0.25) is 17.7 Å². The first-order valence-electron chi connectivity index (χ1n) is 21.5. The number of piperidine rings is 4. The van der Waals surface area contributed by atoms with Crippen LogP contribution in [0.25, 0.3) is 4.85 Å². The minimum atomic E-state index is -4.62. The normalized spacial score (nSPS) is 22.4. The Kier molecular flexibility index (Phi) is 10.9. The summed E-state index contributed by atoms with van der Waals surface area (Å²) in [5, 5.41) is 5.21. The topological polar surface area (TPSA) is 143 Å². The number of hydrogen-bond donors (Lipinski definition) is 2. The van der Waals surface area contributed by atoms with E-state index in [-0.39, 0.29) is 30.1 Å². The molecule has 1 spiro atoms. The molecule has 0 bridgehead atoms. The molecule has 324 valence electrons. The Balaban J connectivity index is 0.690. The Morgan fingerprint density at radius 1 is 0.823 bits per heavy atom. The number of rotatable bonds is 8. The number of likely N-dealkylation sites (tertiary alicyclic amines) is 1. The van der Waals surface area contributed by atoms with Gasteiger partial charge in [0.05, 0.1) is 35.1 Å². The summed E-state index contributed by atoms with van der Waals surface area (Å²) in [5.41, 5.74) is 1.43. The molecule has 14 nitrogen and oxygen atoms in total. The highest BCUT2D eigenvalue weighted by atomic mass is 19.4. The van der Waals surface area contributed by atoms with Crippen LogP contribution in [0.2, 0.25) is 0 Å². The van der Waals surface area contributed by atoms with Gasteiger partial charge in [-0.1, -0.05) is 6.07 Å². The number of nitrogens with one attached hydrogen (secondary N) is 2. The maximum atomic E-state index is 13.5. The Morgan fingerprint density at radius 2 is 1.48 bits per heavy atom. The van der Waals surface area contributed by atoms with Gasteiger partial charge in [-0.2, -0.15) is 13.2 Å². The van der Waals surface area contributed by atoms with Gasteiger partial charge in [-0.25, -0.2) is 9.83 Å². The van der Waals surface area contributed by atoms with Crippen molar-refractivity contribution in [3.63, 3.8) is 0 Å². The fourth-order valence-electron chi connectivity index (χ4n) is 10.3. The predicted molar refractivity (Wildman–Crippen MR) is 224 cm³/mol. The van der Waals surface area contributed by atoms with Crippen LogP contribution >= 0.6 is 0 Å². The zero-order chi connectivity index (χ0) is 43.3. The van der Waals surface area contributed by atoms with E-state index in [2.05, 4.69) is 35.2 Å². The molecule has 5 amide bonds. The summed E-state index contributed by atoms with van der Waals surface area (Å²) in [4.78, 5) is 81.3. The zero-order valence-electron chi connectivity index (χ0n) is 34.3. The molecule has 9 rings (SSSR count). The van der Waals surface area contributed by atoms with Crippen LogP contribution in [0.5, 0.6) is 0 Å². The summed E-state index contributed by atoms with van der Waals surface area (Å²) in [6.45, 7) is 14.7. The van der Waals surface area contributed by atoms with Gasteiger partial charge < -0.3 is 24.9 Å². The lowest BCUT2D eigenvalue weighted by atomic mass is 9.71. The van der Waals surface area contributed by atoms with Crippen LogP contribution in [0, 0.1) is 23.8 Å². The molecular weight excluding hydrogens is 804 g/mol. The average molecular weight is 852 g/mol. The molecular formula is C45H48F3N9O5. The van der Waals surface area contributed by atoms with E-state index in [0.29, 0.717) is 54.4 Å². The van der Waals surface area contributed by atoms with E-state index in [9.17, 15) is 37.1 Å². The van der Waals surface area contributed by atoms with E-state index in [4.69, 9.17) is 6.57 Å². The third-order valence-corrected chi connectivity index (χ3v) is 13.8. The minimum Gasteiger partial charge on any atom is -0.372 e. The Labute approximate surface area is 357 Å². The molecule has 3 aromatic rings. The molecule has 5 saturated heterocycles. The predicted octanol–water partition coefficient (Wildman–Crippen LogP) is 5.73. The van der Waals surface area contributed by atoms with Crippen molar-refractivity contribution in [3.05, 3.63) is 82.8 Å². The number of amides is 5. The van der Waals surface area contributed by atoms with Crippen molar-refractivity contribution in [2.24, 2.45) is 17.3 Å². The largest absolute Gasteiger partial charge is 0.407 e. The quantitative estimate of drug-likeness (QED) is 0.213. The molecule has 0 saturated carbocycles. The summed E-state index contributed by atoms with van der Waals surface area (Å²) in [6.07, 6.45) is 2.50. The van der Waals surface area contributed by atoms with Crippen LogP contribution in [0.15, 0.2) is 54.7 Å². The smallest absolute Gasteiger partial charge is 0.372 e. The highest BCUT2D eigenvalue weighted by Gasteiger charge is 2.47. The van der Waals surface area contributed by atoms with Crippen molar-refractivity contribution >= 4 is 58.1 Å². The summed E-state index contributed by atoms with van der Waals surface area (Å²) in [7, 11) is 0. The SMILES string of the molecule is [C-]#[N+]c1ccc(N2CCC(C(=O)Nc3ccc(N4CCC(CN5CC6(CCN(c7ccc8c(c7)C(=O)N(C7CCC(=O)NC7=O)C8=O)CC6)C5)CC4)nc3)CC2)cc1C(F)(F)F. The molecule has 0 radical (unpaired) electrons. The van der Waals surface area contributed by atoms with Crippen LogP contribution < -0.4 is 25.3 Å². The molecule has 6 aliphatic heterocycles. The van der Waals surface area contributed by atoms with Crippen molar-refractivity contribution in [1.29, 1.82) is 0 Å². The highest BCUT2D eigenvalue weighted by molar-refractivity contribution is 6.23. The number of carbonyl (C=O) groups excluding carboxylic acids is 5. The fourth-order valence-corrected chi connectivity index (χ4v) is 10.3. The van der Waals surface area contributed by atoms with Crippen molar-refractivity contribution in [3.8, 4) is 0 Å². The van der Waals surface area contributed by atoms with Gasteiger partial charge in [0.1, 0.15) is 11.9 Å². The van der Waals surface area contributed by atoms with Crippen molar-refractivity contribution in [2.45, 2.75) is 63.6 Å². The van der Waals surface area contributed by atoms with E-state index < -0.39 is 47.1 Å². The zero-order valence-corrected chi connectivity index (χ0v) is 34.3. The van der Waals surface area contributed by atoms with E-state index >= 15 is 0 Å². The third-order valence-electron chi connectivity index (χ3n) is 13.8. The number of nitrogens with zero attached hydrogens (tertiary/aromatic N) is 7. The van der Waals surface area contributed by atoms with E-state index in [0.717, 1.165) is 94.0 Å². The van der Waals surface area contributed by atoms with Gasteiger partial charge in [0.15, 0.2) is 5.69 Å². The van der Waals surface area contributed by atoms with Gasteiger partial charge >= 0.3 is 6.18 Å². The molecule has 1 atom stereocenters. The number of fused-ring (bicyclic) bond motifs is 1. The molecule has 1 aromatic heterocycles. The molecule has 7 heterocycles. The number of benzene rings is 2. The number of hydrogen-bond acceptors (Lipinski definition) is 10. The molecule has 2 N–H and O–H groups in total. The Hall–Kier alpha value is -6.02. The number of halogens is 3. The maximum Gasteiger partial charge on any atom is 0.407 e. The Morgan fingerprint density at radius 3 is 2.15 bits per heavy atom. The molecule has 2 aromatic carbocycles. The number of imide groups is 2. The lowest BCUT2D eigenvalue weighted by Crippen LogP contribution is -2.61. The van der Waals surface area contributed by atoms with Crippen LogP contribution in [-0.2, 0) is 20.6 Å². The van der Waals surface area contributed by atoms with Gasteiger partial charge in [-0.05, 0) is 98.7 Å². The van der Waals surface area contributed by atoms with Gasteiger partial charge in [0, 0.05) is 82.6 Å². The molecule has 62 heavy (non-hydrogen) atoms. The minimum absolute atomic E-state index is 0.0856. The first kappa shape index (κ1) is 41.3. The second-order valence-corrected chi connectivity index (χ2v) is 17.7. The monoisotopic (exact) mass is 851 g/mol. The first-order valence-corrected chi connectivity index (χ1v) is 21.5. The third kappa shape index (κ3) is 8.07. The number of pyridine rings is 1. The van der Waals surface area contributed by atoms with Gasteiger partial charge in [-0.15, -0.1) is 0 Å². The van der Waals surface area contributed by atoms with Crippen LogP contribution in [0.1, 0.15) is 77.6 Å². The molecule has 6 aliphatic rings. The summed E-state index contributed by atoms with van der Waals surface area (Å²) < 4.78 is 40.5. The molecule has 0 aliphatic carbocycles. The van der Waals surface area contributed by atoms with E-state index in [1.807, 2.05) is 23.1 Å². The van der Waals surface area contributed by atoms with Crippen LogP contribution in [0.4, 0.5) is 41.7 Å². The van der Waals surface area contributed by atoms with Gasteiger partial charge in [-0.3, -0.25) is 34.2 Å². The van der Waals surface area contributed by atoms with E-state index in [1.165, 1.54) is 12.1 Å². The van der Waals surface area contributed by atoms with Crippen LogP contribution in [-0.4, -0.2) is 109 Å². The lowest BCUT2D eigenvalue weighted by Gasteiger charge is -2.55. The summed E-state index contributed by atoms with van der Waals surface area (Å²) in [6, 6.07) is 11.9. The Bertz CT molecular complexity index is 2320. The second-order valence-electron chi connectivity index (χ2n) is 17.7. The van der Waals surface area contributed by atoms with Gasteiger partial charge in [0.25, 0.3) is 11.8 Å². The lowest BCUT2D eigenvalue weighted by molar-refractivity contribution is -0.137. The number of carbonyl (C=O) groups is 5. The van der Waals surface area contributed by atoms with Crippen molar-refractivity contribution < 1.29 is 37.1 Å². The average Bonchev–Trinajstić information content (AvgIpc) is 3.51. The van der Waals surface area contributed by atoms with Crippen molar-refractivity contribution in [2.75, 3.05) is 78.9 Å². The standard InChI is InChI=1S/C45H48F3N9O5/c1-49-36-6-4-32(23-35(36)45(46,47)48)54-18-12-29(13-19-54)40(59)51-30-2-8-38(50-24-30)56-16-10-28(11-17-56)25-53-26-44(27-53)14-20-55(21-15-44)31-3-5-33-34(22-31)43(62)57(42(33)61)37-7-9-39(58)52-41(37)60/h2-6,8,22-24,28-29,37H,7,9-21,25-27H2,(H,51,59)(H,52,58,60). The summed E-state index contributed by atoms with van der Waals surface area (Å²) >= 11 is 0. The first-order chi connectivity index (χ1) is 29.8. The summed E-state index contributed by atoms with van der Waals surface area (Å²) in [5.74, 6) is -0.918. The highest BCUT2D eigenvalue weighted by Crippen LogP contribution is 2.43.